The highest BCUT2D eigenvalue weighted by atomic mass is 32.2. The van der Waals surface area contributed by atoms with Crippen molar-refractivity contribution in [3.63, 3.8) is 0 Å². The number of amides is 3. The second-order valence-electron chi connectivity index (χ2n) is 10.6. The number of rotatable bonds is 3. The summed E-state index contributed by atoms with van der Waals surface area (Å²) in [6.07, 6.45) is -3.46. The van der Waals surface area contributed by atoms with Gasteiger partial charge in [-0.25, -0.2) is 17.5 Å². The zero-order valence-corrected chi connectivity index (χ0v) is 23.4. The Bertz CT molecular complexity index is 1500. The number of aromatic nitrogens is 1. The van der Waals surface area contributed by atoms with Crippen molar-refractivity contribution in [3.05, 3.63) is 41.5 Å². The van der Waals surface area contributed by atoms with Gasteiger partial charge in [0.2, 0.25) is 10.0 Å². The van der Waals surface area contributed by atoms with E-state index in [1.165, 1.54) is 42.9 Å². The number of benzene rings is 1. The molecular formula is C25H29F4N5O6S. The van der Waals surface area contributed by atoms with Crippen molar-refractivity contribution in [2.24, 2.45) is 13.0 Å². The summed E-state index contributed by atoms with van der Waals surface area (Å²) in [5.41, 5.74) is -2.17. The zero-order valence-electron chi connectivity index (χ0n) is 22.6. The van der Waals surface area contributed by atoms with Crippen LogP contribution in [0.15, 0.2) is 29.3 Å². The first-order valence-electron chi connectivity index (χ1n) is 12.5. The van der Waals surface area contributed by atoms with Crippen molar-refractivity contribution in [1.82, 2.24) is 19.5 Å². The van der Waals surface area contributed by atoms with Crippen LogP contribution in [0.2, 0.25) is 0 Å². The third kappa shape index (κ3) is 6.02. The molecule has 224 valence electrons. The van der Waals surface area contributed by atoms with Crippen LogP contribution in [0, 0.1) is 18.7 Å². The van der Waals surface area contributed by atoms with E-state index in [2.05, 4.69) is 10.0 Å². The lowest BCUT2D eigenvalue weighted by atomic mass is 9.92. The van der Waals surface area contributed by atoms with Gasteiger partial charge in [-0.1, -0.05) is 0 Å². The van der Waals surface area contributed by atoms with Gasteiger partial charge in [-0.2, -0.15) is 13.2 Å². The number of ether oxygens (including phenoxy) is 1. The number of hydrogen-bond acceptors (Lipinski definition) is 6. The standard InChI is InChI=1S/C25H29F4N5O6S/c1-13-9-15(5-6-16(13)26)30-21(35)19-20-18(11-33(19)4)41(38,39)32-17-10-34(8-7-14(17)12-40-20)23(37)22(36)31-24(2,3)25(27,28)29/h5-6,9,11,14,17,32H,7-8,10,12H2,1-4H3,(H,30,35)(H,31,36). The van der Waals surface area contributed by atoms with Gasteiger partial charge in [0, 0.05) is 44.0 Å². The summed E-state index contributed by atoms with van der Waals surface area (Å²) in [6, 6.07) is 3.04. The molecule has 41 heavy (non-hydrogen) atoms. The van der Waals surface area contributed by atoms with E-state index in [-0.39, 0.29) is 48.1 Å². The Balaban J connectivity index is 1.54. The third-order valence-electron chi connectivity index (χ3n) is 7.14. The van der Waals surface area contributed by atoms with Gasteiger partial charge in [0.25, 0.3) is 5.91 Å². The fraction of sp³-hybridized carbons (Fsp3) is 0.480. The highest BCUT2D eigenvalue weighted by Crippen LogP contribution is 2.35. The lowest BCUT2D eigenvalue weighted by molar-refractivity contribution is -0.189. The molecule has 2 aromatic rings. The van der Waals surface area contributed by atoms with Gasteiger partial charge >= 0.3 is 18.0 Å². The first-order valence-corrected chi connectivity index (χ1v) is 14.0. The van der Waals surface area contributed by atoms with Gasteiger partial charge in [-0.05, 0) is 51.0 Å². The molecule has 1 saturated heterocycles. The third-order valence-corrected chi connectivity index (χ3v) is 8.63. The molecule has 11 nitrogen and oxygen atoms in total. The number of likely N-dealkylation sites (tertiary alicyclic amines) is 1. The normalized spacial score (nSPS) is 20.5. The van der Waals surface area contributed by atoms with Crippen molar-refractivity contribution in [1.29, 1.82) is 0 Å². The van der Waals surface area contributed by atoms with Crippen molar-refractivity contribution in [2.45, 2.75) is 49.8 Å². The highest BCUT2D eigenvalue weighted by Gasteiger charge is 2.50. The van der Waals surface area contributed by atoms with E-state index in [9.17, 15) is 40.4 Å². The summed E-state index contributed by atoms with van der Waals surface area (Å²) in [7, 11) is -2.88. The quantitative estimate of drug-likeness (QED) is 0.363. The van der Waals surface area contributed by atoms with E-state index in [0.29, 0.717) is 5.56 Å². The number of sulfonamides is 1. The summed E-state index contributed by atoms with van der Waals surface area (Å²) in [5.74, 6) is -4.53. The number of fused-ring (bicyclic) bond motifs is 2. The summed E-state index contributed by atoms with van der Waals surface area (Å²) < 4.78 is 89.4. The molecule has 1 aromatic carbocycles. The number of carbonyl (C=O) groups excluding carboxylic acids is 3. The largest absolute Gasteiger partial charge is 0.489 e. The molecule has 0 aliphatic carbocycles. The first kappa shape index (κ1) is 30.3. The Labute approximate surface area is 233 Å². The number of alkyl halides is 3. The van der Waals surface area contributed by atoms with Gasteiger partial charge in [0.15, 0.2) is 11.4 Å². The molecule has 0 bridgehead atoms. The lowest BCUT2D eigenvalue weighted by Crippen LogP contribution is -2.61. The number of halogens is 4. The van der Waals surface area contributed by atoms with Crippen LogP contribution < -0.4 is 20.1 Å². The molecule has 0 spiro atoms. The number of nitrogens with zero attached hydrogens (tertiary/aromatic N) is 2. The molecule has 1 aromatic heterocycles. The molecule has 16 heteroatoms. The van der Waals surface area contributed by atoms with Crippen molar-refractivity contribution >= 4 is 33.4 Å². The smallest absolute Gasteiger partial charge is 0.410 e. The predicted molar refractivity (Wildman–Crippen MR) is 137 cm³/mol. The minimum atomic E-state index is -4.80. The van der Waals surface area contributed by atoms with E-state index >= 15 is 0 Å². The van der Waals surface area contributed by atoms with Crippen LogP contribution in [0.1, 0.15) is 36.3 Å². The average molecular weight is 604 g/mol. The van der Waals surface area contributed by atoms with Gasteiger partial charge in [-0.15, -0.1) is 0 Å². The van der Waals surface area contributed by atoms with Crippen molar-refractivity contribution in [3.8, 4) is 5.75 Å². The van der Waals surface area contributed by atoms with Crippen molar-refractivity contribution in [2.75, 3.05) is 25.0 Å². The lowest BCUT2D eigenvalue weighted by Gasteiger charge is -2.39. The number of carbonyl (C=O) groups is 3. The van der Waals surface area contributed by atoms with E-state index < -0.39 is 57.2 Å². The van der Waals surface area contributed by atoms with Crippen LogP contribution in [0.4, 0.5) is 23.2 Å². The second-order valence-corrected chi connectivity index (χ2v) is 12.3. The van der Waals surface area contributed by atoms with Crippen LogP contribution in [0.5, 0.6) is 5.75 Å². The summed E-state index contributed by atoms with van der Waals surface area (Å²) >= 11 is 0. The second kappa shape index (κ2) is 10.6. The topological polar surface area (TPSA) is 139 Å². The molecule has 2 aliphatic heterocycles. The summed E-state index contributed by atoms with van der Waals surface area (Å²) in [5, 5.41) is 4.28. The number of hydrogen-bond donors (Lipinski definition) is 3. The molecule has 0 saturated carbocycles. The van der Waals surface area contributed by atoms with Crippen LogP contribution >= 0.6 is 0 Å². The Morgan fingerprint density at radius 2 is 1.85 bits per heavy atom. The molecule has 0 radical (unpaired) electrons. The Morgan fingerprint density at radius 3 is 2.49 bits per heavy atom. The van der Waals surface area contributed by atoms with Gasteiger partial charge in [0.05, 0.1) is 6.61 Å². The highest BCUT2D eigenvalue weighted by molar-refractivity contribution is 7.89. The number of nitrogens with one attached hydrogen (secondary N) is 3. The molecule has 2 atom stereocenters. The maximum atomic E-state index is 13.6. The Kier molecular flexibility index (Phi) is 7.86. The fourth-order valence-electron chi connectivity index (χ4n) is 4.61. The van der Waals surface area contributed by atoms with Gasteiger partial charge in [0.1, 0.15) is 16.3 Å². The molecule has 3 N–H and O–H groups in total. The average Bonchev–Trinajstić information content (AvgIpc) is 3.19. The number of piperidine rings is 1. The molecule has 3 heterocycles. The predicted octanol–water partition coefficient (Wildman–Crippen LogP) is 2.07. The molecule has 4 rings (SSSR count). The number of aryl methyl sites for hydroxylation is 2. The monoisotopic (exact) mass is 603 g/mol. The minimum Gasteiger partial charge on any atom is -0.489 e. The van der Waals surface area contributed by atoms with Gasteiger partial charge < -0.3 is 24.8 Å². The SMILES string of the molecule is Cc1cc(NC(=O)c2c3c(cn2C)S(=O)(=O)NC2CN(C(=O)C(=O)NC(C)(C)C(F)(F)F)CCC2CO3)ccc1F. The first-order chi connectivity index (χ1) is 18.9. The molecule has 3 amide bonds. The maximum Gasteiger partial charge on any atom is 0.410 e. The maximum absolute atomic E-state index is 13.6. The van der Waals surface area contributed by atoms with E-state index in [0.717, 1.165) is 18.7 Å². The summed E-state index contributed by atoms with van der Waals surface area (Å²) in [4.78, 5) is 38.8. The van der Waals surface area contributed by atoms with Crippen LogP contribution in [0.3, 0.4) is 0 Å². The Hall–Kier alpha value is -3.66. The van der Waals surface area contributed by atoms with Crippen LogP contribution in [-0.4, -0.2) is 73.1 Å². The van der Waals surface area contributed by atoms with E-state index in [4.69, 9.17) is 4.74 Å². The van der Waals surface area contributed by atoms with E-state index in [1.54, 1.807) is 5.32 Å². The van der Waals surface area contributed by atoms with E-state index in [1.807, 2.05) is 0 Å². The molecule has 2 unspecified atom stereocenters. The van der Waals surface area contributed by atoms with Gasteiger partial charge in [-0.3, -0.25) is 14.4 Å². The molecular weight excluding hydrogens is 574 g/mol. The summed E-state index contributed by atoms with van der Waals surface area (Å²) in [6.45, 7) is 2.58. The fourth-order valence-corrected chi connectivity index (χ4v) is 6.09. The number of anilines is 1. The zero-order chi connectivity index (χ0) is 30.5. The minimum absolute atomic E-state index is 0.0378. The molecule has 2 aliphatic rings. The molecule has 1 fully saturated rings. The van der Waals surface area contributed by atoms with Crippen LogP contribution in [-0.2, 0) is 26.7 Å². The Morgan fingerprint density at radius 1 is 1.17 bits per heavy atom. The van der Waals surface area contributed by atoms with Crippen LogP contribution in [0.25, 0.3) is 0 Å². The van der Waals surface area contributed by atoms with Crippen molar-refractivity contribution < 1.29 is 45.1 Å².